The molecule has 1 aromatic carbocycles. The molecule has 0 radical (unpaired) electrons. The van der Waals surface area contributed by atoms with Crippen LogP contribution in [0.1, 0.15) is 26.7 Å². The lowest BCUT2D eigenvalue weighted by molar-refractivity contribution is -0.387. The summed E-state index contributed by atoms with van der Waals surface area (Å²) in [4.78, 5) is 22.2. The van der Waals surface area contributed by atoms with E-state index in [0.29, 0.717) is 0 Å². The summed E-state index contributed by atoms with van der Waals surface area (Å²) in [7, 11) is 0. The molecule has 2 N–H and O–H groups in total. The maximum Gasteiger partial charge on any atom is 0.306 e. The summed E-state index contributed by atoms with van der Waals surface area (Å²) in [5.74, 6) is -1.19. The first-order valence-electron chi connectivity index (χ1n) is 6.79. The van der Waals surface area contributed by atoms with Crippen molar-refractivity contribution in [3.05, 3.63) is 34.1 Å². The Bertz CT molecular complexity index is 575. The van der Waals surface area contributed by atoms with Gasteiger partial charge in [-0.05, 0) is 36.9 Å². The SMILES string of the molecule is CC1(C)CCCNC1C(=O)Nc1ccc(F)c([N+](=O)[O-])c1. The fourth-order valence-electron chi connectivity index (χ4n) is 2.60. The third-order valence-corrected chi connectivity index (χ3v) is 3.80. The number of benzene rings is 1. The van der Waals surface area contributed by atoms with E-state index in [1.165, 1.54) is 6.07 Å². The van der Waals surface area contributed by atoms with Crippen molar-refractivity contribution in [1.29, 1.82) is 0 Å². The Balaban J connectivity index is 2.16. The highest BCUT2D eigenvalue weighted by molar-refractivity contribution is 5.95. The minimum Gasteiger partial charge on any atom is -0.324 e. The maximum atomic E-state index is 13.3. The number of carbonyl (C=O) groups excluding carboxylic acids is 1. The predicted octanol–water partition coefficient (Wildman–Crippen LogP) is 2.45. The van der Waals surface area contributed by atoms with Gasteiger partial charge >= 0.3 is 5.69 Å². The van der Waals surface area contributed by atoms with Crippen molar-refractivity contribution in [2.45, 2.75) is 32.7 Å². The van der Waals surface area contributed by atoms with Gasteiger partial charge < -0.3 is 10.6 Å². The minimum atomic E-state index is -0.922. The standard InChI is InChI=1S/C14H18FN3O3/c1-14(2)6-3-7-16-12(14)13(19)17-9-4-5-10(15)11(8-9)18(20)21/h4-5,8,12,16H,3,6-7H2,1-2H3,(H,17,19). The Morgan fingerprint density at radius 2 is 2.24 bits per heavy atom. The third kappa shape index (κ3) is 3.36. The van der Waals surface area contributed by atoms with Gasteiger partial charge in [0.25, 0.3) is 0 Å². The van der Waals surface area contributed by atoms with Crippen LogP contribution in [0.2, 0.25) is 0 Å². The van der Waals surface area contributed by atoms with Gasteiger partial charge in [0.05, 0.1) is 11.0 Å². The smallest absolute Gasteiger partial charge is 0.306 e. The van der Waals surface area contributed by atoms with Gasteiger partial charge in [-0.15, -0.1) is 0 Å². The molecule has 0 spiro atoms. The van der Waals surface area contributed by atoms with Gasteiger partial charge in [0.1, 0.15) is 0 Å². The van der Waals surface area contributed by atoms with Crippen molar-refractivity contribution in [3.8, 4) is 0 Å². The zero-order valence-corrected chi connectivity index (χ0v) is 12.0. The molecule has 1 aromatic rings. The molecule has 0 aromatic heterocycles. The van der Waals surface area contributed by atoms with Gasteiger partial charge in [0.2, 0.25) is 11.7 Å². The number of amides is 1. The molecule has 2 rings (SSSR count). The van der Waals surface area contributed by atoms with Gasteiger partial charge in [0.15, 0.2) is 0 Å². The van der Waals surface area contributed by atoms with Crippen LogP contribution in [0.5, 0.6) is 0 Å². The van der Waals surface area contributed by atoms with Gasteiger partial charge in [-0.1, -0.05) is 13.8 Å². The summed E-state index contributed by atoms with van der Waals surface area (Å²) in [5, 5.41) is 16.5. The van der Waals surface area contributed by atoms with E-state index in [1.807, 2.05) is 13.8 Å². The molecule has 1 fully saturated rings. The van der Waals surface area contributed by atoms with Crippen LogP contribution < -0.4 is 10.6 Å². The minimum absolute atomic E-state index is 0.200. The van der Waals surface area contributed by atoms with Gasteiger partial charge in [-0.3, -0.25) is 14.9 Å². The van der Waals surface area contributed by atoms with Crippen LogP contribution in [-0.4, -0.2) is 23.4 Å². The Kier molecular flexibility index (Phi) is 4.22. The summed E-state index contributed by atoms with van der Waals surface area (Å²) >= 11 is 0. The fourth-order valence-corrected chi connectivity index (χ4v) is 2.60. The monoisotopic (exact) mass is 295 g/mol. The van der Waals surface area contributed by atoms with Gasteiger partial charge in [-0.25, -0.2) is 0 Å². The molecule has 6 nitrogen and oxygen atoms in total. The quantitative estimate of drug-likeness (QED) is 0.662. The highest BCUT2D eigenvalue weighted by atomic mass is 19.1. The van der Waals surface area contributed by atoms with Crippen molar-refractivity contribution in [1.82, 2.24) is 5.32 Å². The number of anilines is 1. The molecule has 0 aliphatic carbocycles. The van der Waals surface area contributed by atoms with Crippen LogP contribution in [0.3, 0.4) is 0 Å². The first-order chi connectivity index (χ1) is 9.81. The normalized spacial score (nSPS) is 20.8. The van der Waals surface area contributed by atoms with E-state index >= 15 is 0 Å². The highest BCUT2D eigenvalue weighted by Gasteiger charge is 2.37. The number of piperidine rings is 1. The number of nitro benzene ring substituents is 1. The van der Waals surface area contributed by atoms with E-state index in [0.717, 1.165) is 31.5 Å². The van der Waals surface area contributed by atoms with E-state index in [1.54, 1.807) is 0 Å². The molecule has 1 aliphatic heterocycles. The highest BCUT2D eigenvalue weighted by Crippen LogP contribution is 2.31. The van der Waals surface area contributed by atoms with Crippen molar-refractivity contribution in [3.63, 3.8) is 0 Å². The van der Waals surface area contributed by atoms with Crippen LogP contribution in [0.25, 0.3) is 0 Å². The molecule has 1 aliphatic rings. The topological polar surface area (TPSA) is 84.3 Å². The summed E-state index contributed by atoms with van der Waals surface area (Å²) in [6.07, 6.45) is 1.92. The lowest BCUT2D eigenvalue weighted by atomic mass is 9.77. The first kappa shape index (κ1) is 15.4. The Morgan fingerprint density at radius 3 is 2.86 bits per heavy atom. The first-order valence-corrected chi connectivity index (χ1v) is 6.79. The third-order valence-electron chi connectivity index (χ3n) is 3.80. The predicted molar refractivity (Wildman–Crippen MR) is 76.5 cm³/mol. The van der Waals surface area contributed by atoms with Crippen LogP contribution >= 0.6 is 0 Å². The number of nitrogens with one attached hydrogen (secondary N) is 2. The number of hydrogen-bond donors (Lipinski definition) is 2. The van der Waals surface area contributed by atoms with Gasteiger partial charge in [0, 0.05) is 11.8 Å². The Morgan fingerprint density at radius 1 is 1.52 bits per heavy atom. The molecule has 1 atom stereocenters. The Labute approximate surface area is 121 Å². The van der Waals surface area contributed by atoms with Crippen molar-refractivity contribution < 1.29 is 14.1 Å². The Hall–Kier alpha value is -2.02. The lowest BCUT2D eigenvalue weighted by Gasteiger charge is -2.38. The molecule has 0 bridgehead atoms. The fraction of sp³-hybridized carbons (Fsp3) is 0.500. The van der Waals surface area contributed by atoms with Crippen LogP contribution in [0, 0.1) is 21.3 Å². The summed E-state index contributed by atoms with van der Waals surface area (Å²) in [5.41, 5.74) is -0.631. The number of carbonyl (C=O) groups is 1. The van der Waals surface area contributed by atoms with E-state index in [-0.39, 0.29) is 23.1 Å². The van der Waals surface area contributed by atoms with E-state index in [4.69, 9.17) is 0 Å². The van der Waals surface area contributed by atoms with Crippen LogP contribution in [-0.2, 0) is 4.79 Å². The molecule has 7 heteroatoms. The van der Waals surface area contributed by atoms with Gasteiger partial charge in [-0.2, -0.15) is 4.39 Å². The molecule has 114 valence electrons. The molecule has 1 saturated heterocycles. The second kappa shape index (κ2) is 5.77. The number of halogens is 1. The molecule has 21 heavy (non-hydrogen) atoms. The van der Waals surface area contributed by atoms with Crippen LogP contribution in [0.15, 0.2) is 18.2 Å². The average Bonchev–Trinajstić information content (AvgIpc) is 2.40. The van der Waals surface area contributed by atoms with E-state index in [9.17, 15) is 19.3 Å². The lowest BCUT2D eigenvalue weighted by Crippen LogP contribution is -2.53. The summed E-state index contributed by atoms with van der Waals surface area (Å²) < 4.78 is 13.3. The van der Waals surface area contributed by atoms with Crippen molar-refractivity contribution in [2.24, 2.45) is 5.41 Å². The second-order valence-corrected chi connectivity index (χ2v) is 5.89. The number of rotatable bonds is 3. The van der Waals surface area contributed by atoms with Crippen molar-refractivity contribution >= 4 is 17.3 Å². The number of hydrogen-bond acceptors (Lipinski definition) is 4. The summed E-state index contributed by atoms with van der Waals surface area (Å²) in [6.45, 7) is 4.75. The molecule has 1 unspecified atom stereocenters. The maximum absolute atomic E-state index is 13.3. The zero-order valence-electron chi connectivity index (χ0n) is 12.0. The largest absolute Gasteiger partial charge is 0.324 e. The second-order valence-electron chi connectivity index (χ2n) is 5.89. The molecule has 1 heterocycles. The van der Waals surface area contributed by atoms with Crippen molar-refractivity contribution in [2.75, 3.05) is 11.9 Å². The zero-order chi connectivity index (χ0) is 15.6. The average molecular weight is 295 g/mol. The summed E-state index contributed by atoms with van der Waals surface area (Å²) in [6, 6.07) is 2.95. The number of nitro groups is 1. The van der Waals surface area contributed by atoms with Crippen LogP contribution in [0.4, 0.5) is 15.8 Å². The van der Waals surface area contributed by atoms with E-state index in [2.05, 4.69) is 10.6 Å². The van der Waals surface area contributed by atoms with E-state index < -0.39 is 16.4 Å². The molecular formula is C14H18FN3O3. The molecule has 1 amide bonds. The molecular weight excluding hydrogens is 277 g/mol. The number of nitrogens with zero attached hydrogens (tertiary/aromatic N) is 1. The molecule has 0 saturated carbocycles.